The summed E-state index contributed by atoms with van der Waals surface area (Å²) in [6.07, 6.45) is -3.67. The number of nitrogens with zero attached hydrogens (tertiary/aromatic N) is 3. The third kappa shape index (κ3) is 2.00. The molecule has 1 aromatic rings. The zero-order valence-corrected chi connectivity index (χ0v) is 8.67. The van der Waals surface area contributed by atoms with E-state index in [1.54, 1.807) is 0 Å². The summed E-state index contributed by atoms with van der Waals surface area (Å²) in [5.41, 5.74) is 4.46. The van der Waals surface area contributed by atoms with Gasteiger partial charge in [-0.2, -0.15) is 4.98 Å². The Labute approximate surface area is 95.1 Å². The Morgan fingerprint density at radius 3 is 2.71 bits per heavy atom. The molecule has 0 spiro atoms. The van der Waals surface area contributed by atoms with E-state index in [0.717, 1.165) is 10.9 Å². The van der Waals surface area contributed by atoms with Gasteiger partial charge >= 0.3 is 5.69 Å². The van der Waals surface area contributed by atoms with Gasteiger partial charge in [0.1, 0.15) is 24.6 Å². The van der Waals surface area contributed by atoms with E-state index < -0.39 is 36.8 Å². The lowest BCUT2D eigenvalue weighted by Gasteiger charge is -2.16. The second kappa shape index (κ2) is 4.37. The van der Waals surface area contributed by atoms with E-state index in [2.05, 4.69) is 9.97 Å². The molecule has 1 fully saturated rings. The predicted octanol–water partition coefficient (Wildman–Crippen LogP) is -3.17. The lowest BCUT2D eigenvalue weighted by Crippen LogP contribution is -2.36. The molecule has 1 saturated heterocycles. The Morgan fingerprint density at radius 1 is 1.47 bits per heavy atom. The minimum atomic E-state index is -1.35. The van der Waals surface area contributed by atoms with Gasteiger partial charge in [-0.25, -0.2) is 9.78 Å². The lowest BCUT2D eigenvalue weighted by atomic mass is 10.1. The second-order valence-electron chi connectivity index (χ2n) is 3.63. The van der Waals surface area contributed by atoms with Crippen LogP contribution < -0.4 is 11.4 Å². The molecule has 94 valence electrons. The minimum absolute atomic E-state index is 0.196. The van der Waals surface area contributed by atoms with Gasteiger partial charge in [-0.05, 0) is 0 Å². The van der Waals surface area contributed by atoms with Gasteiger partial charge in [0.05, 0.1) is 6.61 Å². The fourth-order valence-corrected chi connectivity index (χ4v) is 1.64. The Balaban J connectivity index is 2.32. The molecule has 1 unspecified atom stereocenters. The summed E-state index contributed by atoms with van der Waals surface area (Å²) in [4.78, 5) is 18.4. The topological polar surface area (TPSA) is 144 Å². The first-order valence-electron chi connectivity index (χ1n) is 4.87. The average Bonchev–Trinajstić information content (AvgIpc) is 2.57. The number of aromatic nitrogens is 3. The highest BCUT2D eigenvalue weighted by molar-refractivity contribution is 5.10. The van der Waals surface area contributed by atoms with E-state index in [9.17, 15) is 15.0 Å². The van der Waals surface area contributed by atoms with Crippen molar-refractivity contribution in [3.63, 3.8) is 0 Å². The summed E-state index contributed by atoms with van der Waals surface area (Å²) in [6, 6.07) is 0. The molecule has 9 heteroatoms. The van der Waals surface area contributed by atoms with Crippen LogP contribution in [-0.4, -0.2) is 54.8 Å². The number of ether oxygens (including phenoxy) is 1. The van der Waals surface area contributed by atoms with Crippen molar-refractivity contribution in [2.24, 2.45) is 0 Å². The van der Waals surface area contributed by atoms with Crippen LogP contribution >= 0.6 is 0 Å². The maximum Gasteiger partial charge on any atom is 0.354 e. The first-order chi connectivity index (χ1) is 8.04. The molecule has 5 N–H and O–H groups in total. The molecule has 0 amide bonds. The molecular weight excluding hydrogens is 232 g/mol. The van der Waals surface area contributed by atoms with Gasteiger partial charge < -0.3 is 25.8 Å². The van der Waals surface area contributed by atoms with E-state index >= 15 is 0 Å². The third-order valence-electron chi connectivity index (χ3n) is 2.54. The van der Waals surface area contributed by atoms with Gasteiger partial charge in [0.15, 0.2) is 6.23 Å². The number of aliphatic hydroxyl groups is 3. The van der Waals surface area contributed by atoms with Crippen LogP contribution in [0.2, 0.25) is 0 Å². The molecule has 2 rings (SSSR count). The highest BCUT2D eigenvalue weighted by Crippen LogP contribution is 2.27. The van der Waals surface area contributed by atoms with Gasteiger partial charge in [0.25, 0.3) is 0 Å². The van der Waals surface area contributed by atoms with Crippen LogP contribution in [0, 0.1) is 0 Å². The monoisotopic (exact) mass is 244 g/mol. The summed E-state index contributed by atoms with van der Waals surface area (Å²) >= 11 is 0. The molecule has 0 radical (unpaired) electrons. The number of anilines is 1. The standard InChI is InChI=1S/C8H12N4O5/c9-7-10-2-12(8(16)11-7)6-5(15)4(14)3(1-13)17-6/h2-6,13-15H,1H2,(H2,9,11,16)/t3-,4?,5+,6-/m1/s1. The summed E-state index contributed by atoms with van der Waals surface area (Å²) in [5, 5.41) is 28.1. The van der Waals surface area contributed by atoms with Crippen LogP contribution in [0.4, 0.5) is 5.95 Å². The first-order valence-corrected chi connectivity index (χ1v) is 4.87. The van der Waals surface area contributed by atoms with E-state index in [0.29, 0.717) is 0 Å². The molecule has 1 aliphatic heterocycles. The Bertz CT molecular complexity index is 463. The van der Waals surface area contributed by atoms with Gasteiger partial charge in [-0.1, -0.05) is 0 Å². The SMILES string of the molecule is Nc1ncn([C@@H]2O[C@H](CO)C(O)[C@@H]2O)c(=O)n1. The summed E-state index contributed by atoms with van der Waals surface area (Å²) < 4.78 is 6.04. The molecule has 0 aliphatic carbocycles. The molecule has 0 aromatic carbocycles. The smallest absolute Gasteiger partial charge is 0.354 e. The molecular formula is C8H12N4O5. The van der Waals surface area contributed by atoms with Gasteiger partial charge in [-0.15, -0.1) is 0 Å². The molecule has 1 aliphatic rings. The highest BCUT2D eigenvalue weighted by Gasteiger charge is 2.43. The molecule has 1 aromatic heterocycles. The van der Waals surface area contributed by atoms with Crippen molar-refractivity contribution in [3.8, 4) is 0 Å². The zero-order valence-electron chi connectivity index (χ0n) is 8.67. The van der Waals surface area contributed by atoms with E-state index in [1.807, 2.05) is 0 Å². The normalized spacial score (nSPS) is 32.9. The van der Waals surface area contributed by atoms with Crippen LogP contribution in [0.3, 0.4) is 0 Å². The maximum atomic E-state index is 11.5. The zero-order chi connectivity index (χ0) is 12.6. The summed E-state index contributed by atoms with van der Waals surface area (Å²) in [7, 11) is 0. The fraction of sp³-hybridized carbons (Fsp3) is 0.625. The number of rotatable bonds is 2. The van der Waals surface area contributed by atoms with Crippen molar-refractivity contribution in [1.29, 1.82) is 0 Å². The van der Waals surface area contributed by atoms with Crippen molar-refractivity contribution in [1.82, 2.24) is 14.5 Å². The van der Waals surface area contributed by atoms with Crippen LogP contribution in [-0.2, 0) is 4.74 Å². The van der Waals surface area contributed by atoms with Crippen LogP contribution in [0.15, 0.2) is 11.1 Å². The van der Waals surface area contributed by atoms with Crippen LogP contribution in [0.1, 0.15) is 6.23 Å². The van der Waals surface area contributed by atoms with Gasteiger partial charge in [0.2, 0.25) is 5.95 Å². The molecule has 4 atom stereocenters. The highest BCUT2D eigenvalue weighted by atomic mass is 16.6. The summed E-state index contributed by atoms with van der Waals surface area (Å²) in [5.74, 6) is -0.196. The predicted molar refractivity (Wildman–Crippen MR) is 53.7 cm³/mol. The quantitative estimate of drug-likeness (QED) is 0.426. The molecule has 9 nitrogen and oxygen atoms in total. The lowest BCUT2D eigenvalue weighted by molar-refractivity contribution is -0.0554. The van der Waals surface area contributed by atoms with Gasteiger partial charge in [-0.3, -0.25) is 4.57 Å². The second-order valence-corrected chi connectivity index (χ2v) is 3.63. The van der Waals surface area contributed by atoms with E-state index in [-0.39, 0.29) is 5.95 Å². The van der Waals surface area contributed by atoms with Crippen molar-refractivity contribution in [2.75, 3.05) is 12.3 Å². The number of hydrogen-bond donors (Lipinski definition) is 4. The van der Waals surface area contributed by atoms with E-state index in [1.165, 1.54) is 0 Å². The number of nitrogens with two attached hydrogens (primary N) is 1. The molecule has 2 heterocycles. The molecule has 17 heavy (non-hydrogen) atoms. The maximum absolute atomic E-state index is 11.5. The Kier molecular flexibility index (Phi) is 3.07. The van der Waals surface area contributed by atoms with Crippen LogP contribution in [0.25, 0.3) is 0 Å². The Morgan fingerprint density at radius 2 is 2.18 bits per heavy atom. The van der Waals surface area contributed by atoms with Crippen molar-refractivity contribution >= 4 is 5.95 Å². The Hall–Kier alpha value is -1.55. The number of nitrogen functional groups attached to an aromatic ring is 1. The average molecular weight is 244 g/mol. The minimum Gasteiger partial charge on any atom is -0.394 e. The number of hydrogen-bond acceptors (Lipinski definition) is 8. The fourth-order valence-electron chi connectivity index (χ4n) is 1.64. The van der Waals surface area contributed by atoms with Crippen molar-refractivity contribution < 1.29 is 20.1 Å². The van der Waals surface area contributed by atoms with Gasteiger partial charge in [0, 0.05) is 0 Å². The van der Waals surface area contributed by atoms with E-state index in [4.69, 9.17) is 15.6 Å². The first kappa shape index (κ1) is 11.9. The van der Waals surface area contributed by atoms with Crippen molar-refractivity contribution in [2.45, 2.75) is 24.5 Å². The molecule has 0 bridgehead atoms. The largest absolute Gasteiger partial charge is 0.394 e. The summed E-state index contributed by atoms with van der Waals surface area (Å²) in [6.45, 7) is -0.473. The third-order valence-corrected chi connectivity index (χ3v) is 2.54. The van der Waals surface area contributed by atoms with Crippen LogP contribution in [0.5, 0.6) is 0 Å². The number of aliphatic hydroxyl groups excluding tert-OH is 3. The molecule has 0 saturated carbocycles. The van der Waals surface area contributed by atoms with Crippen molar-refractivity contribution in [3.05, 3.63) is 16.8 Å².